The Morgan fingerprint density at radius 1 is 1.38 bits per heavy atom. The van der Waals surface area contributed by atoms with Gasteiger partial charge in [0, 0.05) is 30.5 Å². The van der Waals surface area contributed by atoms with E-state index in [1.807, 2.05) is 18.2 Å². The van der Waals surface area contributed by atoms with Gasteiger partial charge in [-0.3, -0.25) is 4.79 Å². The molecule has 24 heavy (non-hydrogen) atoms. The number of aromatic nitrogens is 4. The number of rotatable bonds is 3. The van der Waals surface area contributed by atoms with Gasteiger partial charge in [0.2, 0.25) is 0 Å². The van der Waals surface area contributed by atoms with Crippen LogP contribution in [0.25, 0.3) is 10.2 Å². The van der Waals surface area contributed by atoms with Crippen LogP contribution in [-0.2, 0) is 13.0 Å². The molecule has 1 aliphatic heterocycles. The highest BCUT2D eigenvalue weighted by Gasteiger charge is 2.25. The molecule has 0 bridgehead atoms. The Balaban J connectivity index is 1.51. The second-order valence-corrected chi connectivity index (χ2v) is 7.37. The molecule has 2 aromatic heterocycles. The van der Waals surface area contributed by atoms with Crippen LogP contribution in [0.1, 0.15) is 48.2 Å². The molecule has 1 amide bonds. The van der Waals surface area contributed by atoms with Crippen molar-refractivity contribution >= 4 is 27.5 Å². The molecule has 0 radical (unpaired) electrons. The normalized spacial score (nSPS) is 17.2. The predicted molar refractivity (Wildman–Crippen MR) is 93.3 cm³/mol. The van der Waals surface area contributed by atoms with Gasteiger partial charge in [-0.05, 0) is 24.6 Å². The predicted octanol–water partition coefficient (Wildman–Crippen LogP) is 2.76. The van der Waals surface area contributed by atoms with E-state index in [1.54, 1.807) is 16.8 Å². The van der Waals surface area contributed by atoms with Crippen LogP contribution in [0.4, 0.5) is 0 Å². The van der Waals surface area contributed by atoms with E-state index in [9.17, 15) is 4.79 Å². The maximum Gasteiger partial charge on any atom is 0.251 e. The van der Waals surface area contributed by atoms with Gasteiger partial charge in [0.15, 0.2) is 0 Å². The van der Waals surface area contributed by atoms with E-state index in [-0.39, 0.29) is 11.9 Å². The van der Waals surface area contributed by atoms with Gasteiger partial charge in [0.25, 0.3) is 5.91 Å². The van der Waals surface area contributed by atoms with Crippen molar-refractivity contribution in [2.24, 2.45) is 0 Å². The fraction of sp³-hybridized carbons (Fsp3) is 0.412. The molecule has 0 fully saturated rings. The Labute approximate surface area is 143 Å². The zero-order valence-corrected chi connectivity index (χ0v) is 14.5. The van der Waals surface area contributed by atoms with Crippen molar-refractivity contribution < 1.29 is 4.79 Å². The van der Waals surface area contributed by atoms with Crippen molar-refractivity contribution in [2.75, 3.05) is 0 Å². The van der Waals surface area contributed by atoms with Crippen LogP contribution < -0.4 is 5.32 Å². The summed E-state index contributed by atoms with van der Waals surface area (Å²) < 4.78 is 3.19. The highest BCUT2D eigenvalue weighted by molar-refractivity contribution is 7.16. The molecule has 3 aromatic rings. The largest absolute Gasteiger partial charge is 0.347 e. The van der Waals surface area contributed by atoms with E-state index in [0.29, 0.717) is 11.5 Å². The lowest BCUT2D eigenvalue weighted by Gasteiger charge is -2.26. The Bertz CT molecular complexity index is 897. The first-order chi connectivity index (χ1) is 11.6. The second-order valence-electron chi connectivity index (χ2n) is 6.48. The summed E-state index contributed by atoms with van der Waals surface area (Å²) in [5.74, 6) is 2.32. The number of carbonyl (C=O) groups excluding carboxylic acids is 1. The van der Waals surface area contributed by atoms with Crippen LogP contribution in [-0.4, -0.2) is 31.7 Å². The summed E-state index contributed by atoms with van der Waals surface area (Å²) in [6.07, 6.45) is 1.74. The summed E-state index contributed by atoms with van der Waals surface area (Å²) >= 11 is 1.55. The van der Waals surface area contributed by atoms with Gasteiger partial charge in [-0.1, -0.05) is 13.8 Å². The third-order valence-electron chi connectivity index (χ3n) is 4.42. The number of benzene rings is 1. The molecule has 0 spiro atoms. The zero-order valence-electron chi connectivity index (χ0n) is 13.7. The van der Waals surface area contributed by atoms with E-state index in [2.05, 4.69) is 38.9 Å². The lowest BCUT2D eigenvalue weighted by molar-refractivity contribution is 0.0927. The molecular formula is C17H19N5OS. The number of aryl methyl sites for hydroxylation is 1. The second kappa shape index (κ2) is 5.98. The van der Waals surface area contributed by atoms with Crippen LogP contribution in [0, 0.1) is 0 Å². The third kappa shape index (κ3) is 2.69. The van der Waals surface area contributed by atoms with Gasteiger partial charge in [0.1, 0.15) is 11.6 Å². The first-order valence-electron chi connectivity index (χ1n) is 8.18. The maximum atomic E-state index is 12.6. The van der Waals surface area contributed by atoms with E-state index >= 15 is 0 Å². The molecule has 124 valence electrons. The molecule has 0 saturated heterocycles. The Morgan fingerprint density at radius 3 is 3.08 bits per heavy atom. The number of hydrogen-bond acceptors (Lipinski definition) is 5. The molecule has 1 aromatic carbocycles. The van der Waals surface area contributed by atoms with Crippen molar-refractivity contribution in [3.05, 3.63) is 40.9 Å². The number of nitrogens with one attached hydrogen (secondary N) is 1. The minimum atomic E-state index is -0.0297. The van der Waals surface area contributed by atoms with Crippen LogP contribution >= 0.6 is 11.3 Å². The number of carbonyl (C=O) groups is 1. The Hall–Kier alpha value is -2.28. The van der Waals surface area contributed by atoms with Crippen LogP contribution in [0.3, 0.4) is 0 Å². The van der Waals surface area contributed by atoms with Gasteiger partial charge in [-0.15, -0.1) is 21.5 Å². The smallest absolute Gasteiger partial charge is 0.251 e. The van der Waals surface area contributed by atoms with Crippen LogP contribution in [0.5, 0.6) is 0 Å². The van der Waals surface area contributed by atoms with Gasteiger partial charge in [-0.25, -0.2) is 4.98 Å². The van der Waals surface area contributed by atoms with Crippen molar-refractivity contribution in [3.8, 4) is 0 Å². The molecule has 4 rings (SSSR count). The average Bonchev–Trinajstić information content (AvgIpc) is 3.20. The molecule has 0 unspecified atom stereocenters. The third-order valence-corrected chi connectivity index (χ3v) is 5.21. The first kappa shape index (κ1) is 15.3. The van der Waals surface area contributed by atoms with Crippen LogP contribution in [0.2, 0.25) is 0 Å². The molecule has 1 N–H and O–H groups in total. The van der Waals surface area contributed by atoms with Gasteiger partial charge in [0.05, 0.1) is 15.7 Å². The summed E-state index contributed by atoms with van der Waals surface area (Å²) in [6, 6.07) is 5.76. The minimum absolute atomic E-state index is 0.0297. The van der Waals surface area contributed by atoms with E-state index in [0.717, 1.165) is 41.3 Å². The number of nitrogens with zero attached hydrogens (tertiary/aromatic N) is 4. The van der Waals surface area contributed by atoms with Crippen molar-refractivity contribution in [3.63, 3.8) is 0 Å². The van der Waals surface area contributed by atoms with Crippen molar-refractivity contribution in [2.45, 2.75) is 45.2 Å². The number of hydrogen-bond donors (Lipinski definition) is 1. The van der Waals surface area contributed by atoms with Gasteiger partial charge < -0.3 is 9.88 Å². The SMILES string of the molecule is CC(C)c1nnc2n1C[C@@H](NC(=O)c1ccc3ncsc3c1)CC2. The Kier molecular flexibility index (Phi) is 3.80. The quantitative estimate of drug-likeness (QED) is 0.795. The standard InChI is InChI=1S/C17H19N5OS/c1-10(2)16-21-20-15-6-4-12(8-22(15)16)19-17(23)11-3-5-13-14(7-11)24-9-18-13/h3,5,7,9-10,12H,4,6,8H2,1-2H3,(H,19,23)/t12-/m0/s1. The lowest BCUT2D eigenvalue weighted by atomic mass is 10.1. The summed E-state index contributed by atoms with van der Waals surface area (Å²) in [6.45, 7) is 4.97. The average molecular weight is 341 g/mol. The molecule has 1 aliphatic rings. The molecular weight excluding hydrogens is 322 g/mol. The molecule has 0 aliphatic carbocycles. The summed E-state index contributed by atoms with van der Waals surface area (Å²) in [7, 11) is 0. The maximum absolute atomic E-state index is 12.6. The molecule has 1 atom stereocenters. The first-order valence-corrected chi connectivity index (χ1v) is 9.06. The van der Waals surface area contributed by atoms with Crippen molar-refractivity contribution in [1.29, 1.82) is 0 Å². The van der Waals surface area contributed by atoms with Gasteiger partial charge >= 0.3 is 0 Å². The zero-order chi connectivity index (χ0) is 16.7. The summed E-state index contributed by atoms with van der Waals surface area (Å²) in [4.78, 5) is 16.8. The molecule has 6 nitrogen and oxygen atoms in total. The van der Waals surface area contributed by atoms with Crippen molar-refractivity contribution in [1.82, 2.24) is 25.1 Å². The number of amides is 1. The topological polar surface area (TPSA) is 72.7 Å². The fourth-order valence-electron chi connectivity index (χ4n) is 3.16. The molecule has 7 heteroatoms. The summed E-state index contributed by atoms with van der Waals surface area (Å²) in [5, 5.41) is 11.7. The molecule has 3 heterocycles. The van der Waals surface area contributed by atoms with E-state index in [4.69, 9.17) is 0 Å². The van der Waals surface area contributed by atoms with Crippen LogP contribution in [0.15, 0.2) is 23.7 Å². The number of thiazole rings is 1. The minimum Gasteiger partial charge on any atom is -0.347 e. The summed E-state index contributed by atoms with van der Waals surface area (Å²) in [5.41, 5.74) is 3.42. The highest BCUT2D eigenvalue weighted by Crippen LogP contribution is 2.22. The van der Waals surface area contributed by atoms with E-state index in [1.165, 1.54) is 0 Å². The lowest BCUT2D eigenvalue weighted by Crippen LogP contribution is -2.41. The fourth-order valence-corrected chi connectivity index (χ4v) is 3.87. The van der Waals surface area contributed by atoms with E-state index < -0.39 is 0 Å². The number of fused-ring (bicyclic) bond motifs is 2. The monoisotopic (exact) mass is 341 g/mol. The van der Waals surface area contributed by atoms with Gasteiger partial charge in [-0.2, -0.15) is 0 Å². The highest BCUT2D eigenvalue weighted by atomic mass is 32.1. The molecule has 0 saturated carbocycles. The Morgan fingerprint density at radius 2 is 2.25 bits per heavy atom.